The second-order valence-corrected chi connectivity index (χ2v) is 5.37. The minimum absolute atomic E-state index is 0. The number of aliphatic imine (C=N–C) groups is 1. The summed E-state index contributed by atoms with van der Waals surface area (Å²) in [5.41, 5.74) is 0.628. The van der Waals surface area contributed by atoms with Crippen molar-refractivity contribution in [3.8, 4) is 0 Å². The Morgan fingerprint density at radius 3 is 2.89 bits per heavy atom. The van der Waals surface area contributed by atoms with Crippen LogP contribution < -0.4 is 10.6 Å². The van der Waals surface area contributed by atoms with E-state index in [9.17, 15) is 4.39 Å². The van der Waals surface area contributed by atoms with E-state index in [-0.39, 0.29) is 41.8 Å². The molecule has 0 radical (unpaired) electrons. The fraction of sp³-hybridized carbons (Fsp3) is 0.462. The molecule has 2 N–H and O–H groups in total. The lowest BCUT2D eigenvalue weighted by molar-refractivity contribution is 0.608. The van der Waals surface area contributed by atoms with Crippen LogP contribution in [0.2, 0.25) is 5.02 Å². The van der Waals surface area contributed by atoms with E-state index >= 15 is 0 Å². The van der Waals surface area contributed by atoms with Gasteiger partial charge in [0.2, 0.25) is 0 Å². The molecule has 1 fully saturated rings. The first-order valence-corrected chi connectivity index (χ1v) is 6.54. The predicted molar refractivity (Wildman–Crippen MR) is 86.0 cm³/mol. The molecule has 2 aliphatic rings. The number of halogens is 3. The van der Waals surface area contributed by atoms with Gasteiger partial charge in [-0.25, -0.2) is 4.39 Å². The third-order valence-electron chi connectivity index (χ3n) is 3.39. The molecule has 1 saturated carbocycles. The van der Waals surface area contributed by atoms with Gasteiger partial charge in [0, 0.05) is 28.6 Å². The van der Waals surface area contributed by atoms with Gasteiger partial charge in [-0.05, 0) is 25.5 Å². The van der Waals surface area contributed by atoms with Gasteiger partial charge in [0.05, 0.1) is 6.54 Å². The van der Waals surface area contributed by atoms with E-state index in [0.29, 0.717) is 16.6 Å². The molecule has 0 bridgehead atoms. The molecule has 3 atom stereocenters. The summed E-state index contributed by atoms with van der Waals surface area (Å²) in [7, 11) is 0. The Morgan fingerprint density at radius 1 is 1.47 bits per heavy atom. The molecule has 3 rings (SSSR count). The van der Waals surface area contributed by atoms with Gasteiger partial charge in [-0.15, -0.1) is 24.0 Å². The van der Waals surface area contributed by atoms with Gasteiger partial charge in [0.15, 0.2) is 5.96 Å². The van der Waals surface area contributed by atoms with Crippen LogP contribution in [-0.4, -0.2) is 24.6 Å². The van der Waals surface area contributed by atoms with Crippen LogP contribution in [0.3, 0.4) is 0 Å². The lowest BCUT2D eigenvalue weighted by atomic mass is 10.1. The monoisotopic (exact) mass is 395 g/mol. The first-order chi connectivity index (χ1) is 8.65. The molecule has 0 saturated heterocycles. The van der Waals surface area contributed by atoms with Crippen LogP contribution in [0.15, 0.2) is 23.2 Å². The van der Waals surface area contributed by atoms with Crippen LogP contribution in [-0.2, 0) is 0 Å². The molecule has 1 heterocycles. The summed E-state index contributed by atoms with van der Waals surface area (Å²) in [4.78, 5) is 4.34. The van der Waals surface area contributed by atoms with E-state index in [1.54, 1.807) is 12.1 Å². The second kappa shape index (κ2) is 5.83. The summed E-state index contributed by atoms with van der Waals surface area (Å²) < 4.78 is 13.7. The molecule has 1 aliphatic heterocycles. The number of rotatable bonds is 2. The Morgan fingerprint density at radius 2 is 2.26 bits per heavy atom. The van der Waals surface area contributed by atoms with Crippen LogP contribution in [0, 0.1) is 5.82 Å². The molecule has 3 nitrogen and oxygen atoms in total. The lowest BCUT2D eigenvalue weighted by Crippen LogP contribution is -2.39. The van der Waals surface area contributed by atoms with Crippen molar-refractivity contribution in [2.24, 2.45) is 4.99 Å². The van der Waals surface area contributed by atoms with Crippen molar-refractivity contribution in [1.29, 1.82) is 0 Å². The summed E-state index contributed by atoms with van der Waals surface area (Å²) >= 11 is 6.06. The normalized spacial score (nSPS) is 28.2. The summed E-state index contributed by atoms with van der Waals surface area (Å²) in [5.74, 6) is 0.757. The Hall–Kier alpha value is -0.560. The van der Waals surface area contributed by atoms with E-state index in [0.717, 1.165) is 18.9 Å². The number of benzene rings is 1. The highest BCUT2D eigenvalue weighted by molar-refractivity contribution is 14.0. The highest BCUT2D eigenvalue weighted by atomic mass is 127. The average molecular weight is 396 g/mol. The van der Waals surface area contributed by atoms with Crippen LogP contribution in [0.25, 0.3) is 0 Å². The average Bonchev–Trinajstić information content (AvgIpc) is 2.92. The van der Waals surface area contributed by atoms with Crippen LogP contribution >= 0.6 is 35.6 Å². The number of nitrogens with zero attached hydrogens (tertiary/aromatic N) is 1. The minimum atomic E-state index is -0.216. The van der Waals surface area contributed by atoms with Gasteiger partial charge in [0.25, 0.3) is 0 Å². The number of guanidine groups is 1. The second-order valence-electron chi connectivity index (χ2n) is 4.96. The van der Waals surface area contributed by atoms with Gasteiger partial charge in [-0.3, -0.25) is 4.99 Å². The number of hydrogen-bond donors (Lipinski definition) is 2. The van der Waals surface area contributed by atoms with Crippen LogP contribution in [0.1, 0.15) is 24.8 Å². The zero-order valence-corrected chi connectivity index (χ0v) is 13.6. The van der Waals surface area contributed by atoms with Crippen LogP contribution in [0.5, 0.6) is 0 Å². The Kier molecular flexibility index (Phi) is 4.55. The maximum absolute atomic E-state index is 13.7. The Labute approximate surface area is 134 Å². The van der Waals surface area contributed by atoms with E-state index in [4.69, 9.17) is 11.6 Å². The van der Waals surface area contributed by atoms with Crippen molar-refractivity contribution in [1.82, 2.24) is 10.6 Å². The van der Waals surface area contributed by atoms with Crippen molar-refractivity contribution in [2.75, 3.05) is 6.54 Å². The van der Waals surface area contributed by atoms with Crippen molar-refractivity contribution in [3.63, 3.8) is 0 Å². The summed E-state index contributed by atoms with van der Waals surface area (Å²) in [6.45, 7) is 2.87. The zero-order chi connectivity index (χ0) is 12.7. The summed E-state index contributed by atoms with van der Waals surface area (Å²) in [6, 6.07) is 5.45. The highest BCUT2D eigenvalue weighted by Crippen LogP contribution is 2.44. The van der Waals surface area contributed by atoms with Crippen molar-refractivity contribution in [3.05, 3.63) is 34.6 Å². The third-order valence-corrected chi connectivity index (χ3v) is 3.72. The van der Waals surface area contributed by atoms with Gasteiger partial charge >= 0.3 is 0 Å². The smallest absolute Gasteiger partial charge is 0.191 e. The number of hydrogen-bond acceptors (Lipinski definition) is 3. The molecule has 0 aromatic heterocycles. The molecular formula is C13H16ClFIN3. The first-order valence-electron chi connectivity index (χ1n) is 6.16. The minimum Gasteiger partial charge on any atom is -0.353 e. The van der Waals surface area contributed by atoms with Crippen molar-refractivity contribution < 1.29 is 4.39 Å². The molecule has 104 valence electrons. The standard InChI is InChI=1S/C13H15ClFN3.HI/c1-7-6-16-13(17-7)18-11-5-8(11)12-9(14)3-2-4-10(12)15;/h2-4,7-8,11H,5-6H2,1H3,(H2,16,17,18);1H. The van der Waals surface area contributed by atoms with Crippen molar-refractivity contribution >= 4 is 41.5 Å². The molecule has 3 unspecified atom stereocenters. The Balaban J connectivity index is 0.00000133. The van der Waals surface area contributed by atoms with Gasteiger partial charge in [0.1, 0.15) is 5.82 Å². The quantitative estimate of drug-likeness (QED) is 0.756. The van der Waals surface area contributed by atoms with Gasteiger partial charge in [-0.2, -0.15) is 0 Å². The predicted octanol–water partition coefficient (Wildman–Crippen LogP) is 2.89. The topological polar surface area (TPSA) is 36.4 Å². The van der Waals surface area contributed by atoms with E-state index in [1.807, 2.05) is 0 Å². The highest BCUT2D eigenvalue weighted by Gasteiger charge is 2.42. The molecule has 1 aromatic rings. The third kappa shape index (κ3) is 3.13. The molecular weight excluding hydrogens is 380 g/mol. The maximum Gasteiger partial charge on any atom is 0.191 e. The summed E-state index contributed by atoms with van der Waals surface area (Å²) in [5, 5.41) is 7.05. The molecule has 1 aliphatic carbocycles. The first kappa shape index (κ1) is 14.8. The van der Waals surface area contributed by atoms with E-state index < -0.39 is 0 Å². The Bertz CT molecular complexity index is 488. The SMILES string of the molecule is CC1CN=C(NC2CC2c2c(F)cccc2Cl)N1.I. The molecule has 19 heavy (non-hydrogen) atoms. The molecule has 0 amide bonds. The van der Waals surface area contributed by atoms with E-state index in [1.165, 1.54) is 6.07 Å². The molecule has 6 heteroatoms. The van der Waals surface area contributed by atoms with E-state index in [2.05, 4.69) is 22.5 Å². The van der Waals surface area contributed by atoms with Crippen LogP contribution in [0.4, 0.5) is 4.39 Å². The lowest BCUT2D eigenvalue weighted by Gasteiger charge is -2.09. The van der Waals surface area contributed by atoms with Gasteiger partial charge < -0.3 is 10.6 Å². The fourth-order valence-electron chi connectivity index (χ4n) is 2.35. The molecule has 0 spiro atoms. The largest absolute Gasteiger partial charge is 0.353 e. The van der Waals surface area contributed by atoms with Crippen molar-refractivity contribution in [2.45, 2.75) is 31.3 Å². The summed E-state index contributed by atoms with van der Waals surface area (Å²) in [6.07, 6.45) is 0.899. The number of nitrogens with one attached hydrogen (secondary N) is 2. The zero-order valence-electron chi connectivity index (χ0n) is 10.5. The molecule has 1 aromatic carbocycles. The fourth-order valence-corrected chi connectivity index (χ4v) is 2.66. The maximum atomic E-state index is 13.7. The van der Waals surface area contributed by atoms with Gasteiger partial charge in [-0.1, -0.05) is 17.7 Å².